The maximum atomic E-state index is 12.2. The summed E-state index contributed by atoms with van der Waals surface area (Å²) in [6, 6.07) is -0.178. The van der Waals surface area contributed by atoms with Crippen molar-refractivity contribution < 1.29 is 20.9 Å². The van der Waals surface area contributed by atoms with Crippen molar-refractivity contribution in [2.45, 2.75) is 71.1 Å². The first-order valence-electron chi connectivity index (χ1n) is 8.02. The largest absolute Gasteiger partial charge is 0.848 e. The lowest BCUT2D eigenvalue weighted by Gasteiger charge is -2.47. The molecular weight excluding hydrogens is 256 g/mol. The van der Waals surface area contributed by atoms with Crippen LogP contribution in [0.2, 0.25) is 0 Å². The van der Waals surface area contributed by atoms with E-state index in [2.05, 4.69) is 26.1 Å². The second-order valence-corrected chi connectivity index (χ2v) is 7.77. The van der Waals surface area contributed by atoms with Crippen molar-refractivity contribution in [2.24, 2.45) is 17.3 Å². The van der Waals surface area contributed by atoms with Crippen LogP contribution in [0.25, 0.3) is 0 Å². The number of nitrogens with one attached hydrogen (secondary N) is 1. The van der Waals surface area contributed by atoms with Crippen LogP contribution in [-0.2, 0) is 0 Å². The van der Waals surface area contributed by atoms with E-state index in [1.807, 2.05) is 0 Å². The average Bonchev–Trinajstić information content (AvgIpc) is 2.37. The molecule has 118 valence electrons. The normalized spacial score (nSPS) is 41.4. The van der Waals surface area contributed by atoms with Crippen LogP contribution in [0.3, 0.4) is 0 Å². The highest BCUT2D eigenvalue weighted by Gasteiger charge is 2.44. The lowest BCUT2D eigenvalue weighted by atomic mass is 9.65. The molecule has 0 bridgehead atoms. The average molecular weight is 286 g/mol. The Labute approximate surface area is 121 Å². The molecule has 0 aromatic rings. The molecular formula is C15H30N2O3. The maximum Gasteiger partial charge on any atom is 0.121 e. The van der Waals surface area contributed by atoms with Crippen LogP contribution < -0.4 is 15.6 Å². The summed E-state index contributed by atoms with van der Waals surface area (Å²) in [5.41, 5.74) is 0.0289. The van der Waals surface area contributed by atoms with Crippen LogP contribution in [0.5, 0.6) is 0 Å². The van der Waals surface area contributed by atoms with Gasteiger partial charge in [-0.05, 0) is 24.7 Å². The molecule has 5 heteroatoms. The topological polar surface area (TPSA) is 87.4 Å². The van der Waals surface area contributed by atoms with Gasteiger partial charge in [-0.3, -0.25) is 0 Å². The number of quaternary nitrogens is 2. The van der Waals surface area contributed by atoms with Crippen molar-refractivity contribution in [3.05, 3.63) is 5.21 Å². The SMILES string of the molecule is CC(C)(C)C1CCC(C2[NH2+]CCCC2[O-])CC1[NH+]([O-])O. The van der Waals surface area contributed by atoms with E-state index in [4.69, 9.17) is 0 Å². The van der Waals surface area contributed by atoms with E-state index < -0.39 is 11.3 Å². The minimum atomic E-state index is -0.673. The Morgan fingerprint density at radius 3 is 2.45 bits per heavy atom. The van der Waals surface area contributed by atoms with E-state index in [1.54, 1.807) is 0 Å². The van der Waals surface area contributed by atoms with E-state index in [1.165, 1.54) is 0 Å². The van der Waals surface area contributed by atoms with E-state index in [0.29, 0.717) is 6.42 Å². The highest BCUT2D eigenvalue weighted by atomic mass is 16.8. The molecule has 1 aliphatic heterocycles. The Morgan fingerprint density at radius 2 is 1.90 bits per heavy atom. The van der Waals surface area contributed by atoms with Gasteiger partial charge < -0.3 is 15.6 Å². The molecule has 0 spiro atoms. The van der Waals surface area contributed by atoms with Gasteiger partial charge in [-0.2, -0.15) is 0 Å². The predicted molar refractivity (Wildman–Crippen MR) is 73.8 cm³/mol. The molecule has 6 atom stereocenters. The Hall–Kier alpha value is -0.200. The van der Waals surface area contributed by atoms with Crippen molar-refractivity contribution >= 4 is 0 Å². The van der Waals surface area contributed by atoms with Crippen LogP contribution in [0.1, 0.15) is 52.9 Å². The van der Waals surface area contributed by atoms with E-state index in [9.17, 15) is 15.5 Å². The number of hydroxylamine groups is 2. The van der Waals surface area contributed by atoms with Crippen LogP contribution in [0.4, 0.5) is 0 Å². The zero-order valence-electron chi connectivity index (χ0n) is 13.0. The molecule has 0 radical (unpaired) electrons. The third kappa shape index (κ3) is 3.52. The summed E-state index contributed by atoms with van der Waals surface area (Å²) in [6.45, 7) is 7.44. The zero-order chi connectivity index (χ0) is 14.9. The summed E-state index contributed by atoms with van der Waals surface area (Å²) in [5.74, 6) is 0.516. The molecule has 2 aliphatic rings. The molecule has 0 amide bonds. The van der Waals surface area contributed by atoms with Gasteiger partial charge >= 0.3 is 0 Å². The minimum absolute atomic E-state index is 0.0289. The lowest BCUT2D eigenvalue weighted by molar-refractivity contribution is -1.07. The van der Waals surface area contributed by atoms with Gasteiger partial charge in [0.15, 0.2) is 0 Å². The number of hydrogen-bond donors (Lipinski definition) is 3. The Kier molecular flexibility index (Phi) is 5.08. The smallest absolute Gasteiger partial charge is 0.121 e. The molecule has 20 heavy (non-hydrogen) atoms. The van der Waals surface area contributed by atoms with E-state index >= 15 is 0 Å². The molecule has 0 aromatic heterocycles. The summed E-state index contributed by atoms with van der Waals surface area (Å²) >= 11 is 0. The Bertz CT molecular complexity index is 317. The first kappa shape index (κ1) is 16.2. The molecule has 1 heterocycles. The summed E-state index contributed by atoms with van der Waals surface area (Å²) < 4.78 is 0. The van der Waals surface area contributed by atoms with Gasteiger partial charge in [0.1, 0.15) is 6.04 Å². The van der Waals surface area contributed by atoms with Gasteiger partial charge in [0.05, 0.1) is 12.6 Å². The monoisotopic (exact) mass is 286 g/mol. The molecule has 4 N–H and O–H groups in total. The molecule has 2 rings (SSSR count). The Balaban J connectivity index is 2.06. The van der Waals surface area contributed by atoms with Gasteiger partial charge in [0.2, 0.25) is 0 Å². The van der Waals surface area contributed by atoms with Gasteiger partial charge in [-0.1, -0.05) is 33.3 Å². The molecule has 1 saturated carbocycles. The van der Waals surface area contributed by atoms with E-state index in [-0.39, 0.29) is 29.3 Å². The highest BCUT2D eigenvalue weighted by molar-refractivity contribution is 4.90. The molecule has 2 fully saturated rings. The lowest BCUT2D eigenvalue weighted by Crippen LogP contribution is -3.10. The second kappa shape index (κ2) is 6.28. The van der Waals surface area contributed by atoms with Crippen LogP contribution in [0.15, 0.2) is 0 Å². The fourth-order valence-corrected chi connectivity index (χ4v) is 4.33. The van der Waals surface area contributed by atoms with Crippen molar-refractivity contribution in [3.63, 3.8) is 0 Å². The molecule has 0 aromatic carbocycles. The zero-order valence-corrected chi connectivity index (χ0v) is 13.0. The van der Waals surface area contributed by atoms with Crippen molar-refractivity contribution in [1.82, 2.24) is 0 Å². The molecule has 1 saturated heterocycles. The number of piperidine rings is 1. The summed E-state index contributed by atoms with van der Waals surface area (Å²) in [6.07, 6.45) is 3.92. The van der Waals surface area contributed by atoms with Crippen LogP contribution in [0, 0.1) is 22.5 Å². The van der Waals surface area contributed by atoms with E-state index in [0.717, 1.165) is 32.2 Å². The van der Waals surface area contributed by atoms with Gasteiger partial charge in [0.25, 0.3) is 0 Å². The van der Waals surface area contributed by atoms with Gasteiger partial charge in [-0.15, -0.1) is 0 Å². The summed E-state index contributed by atoms with van der Waals surface area (Å²) in [5, 5.41) is 34.9. The maximum absolute atomic E-state index is 12.2. The second-order valence-electron chi connectivity index (χ2n) is 7.77. The minimum Gasteiger partial charge on any atom is -0.848 e. The van der Waals surface area contributed by atoms with Crippen LogP contribution >= 0.6 is 0 Å². The quantitative estimate of drug-likeness (QED) is 0.572. The fraction of sp³-hybridized carbons (Fsp3) is 1.00. The highest BCUT2D eigenvalue weighted by Crippen LogP contribution is 2.40. The predicted octanol–water partition coefficient (Wildman–Crippen LogP) is -0.956. The molecule has 1 aliphatic carbocycles. The first-order valence-corrected chi connectivity index (χ1v) is 8.02. The molecule has 5 nitrogen and oxygen atoms in total. The summed E-state index contributed by atoms with van der Waals surface area (Å²) in [4.78, 5) is 0. The van der Waals surface area contributed by atoms with Crippen molar-refractivity contribution in [2.75, 3.05) is 6.54 Å². The molecule has 6 unspecified atom stereocenters. The third-order valence-electron chi connectivity index (χ3n) is 5.43. The van der Waals surface area contributed by atoms with Gasteiger partial charge in [-0.25, -0.2) is 10.4 Å². The number of rotatable bonds is 2. The number of hydrogen-bond acceptors (Lipinski definition) is 3. The van der Waals surface area contributed by atoms with Crippen LogP contribution in [-0.4, -0.2) is 29.9 Å². The van der Waals surface area contributed by atoms with Crippen molar-refractivity contribution in [1.29, 1.82) is 0 Å². The standard InChI is InChI=1S/C15H29N2O3/c1-15(2,3)11-7-6-10(9-12(11)17(19)20)14-13(18)5-4-8-16-14/h10-14,16-17,19H,4-9H2,1-3H3/q-1/p+1. The summed E-state index contributed by atoms with van der Waals surface area (Å²) in [7, 11) is 0. The third-order valence-corrected chi connectivity index (χ3v) is 5.43. The van der Waals surface area contributed by atoms with Gasteiger partial charge in [0, 0.05) is 18.3 Å². The Morgan fingerprint density at radius 1 is 1.20 bits per heavy atom. The number of nitrogens with two attached hydrogens (primary N) is 1. The van der Waals surface area contributed by atoms with Crippen molar-refractivity contribution in [3.8, 4) is 0 Å². The fourth-order valence-electron chi connectivity index (χ4n) is 4.33. The first-order chi connectivity index (χ1) is 9.30.